The smallest absolute Gasteiger partial charge is 0.370 e. The summed E-state index contributed by atoms with van der Waals surface area (Å²) < 4.78 is 11.5. The Balaban J connectivity index is 1.29. The van der Waals surface area contributed by atoms with Crippen molar-refractivity contribution in [2.75, 3.05) is 4.90 Å². The Hall–Kier alpha value is -5.17. The van der Waals surface area contributed by atoms with Crippen LogP contribution in [0.5, 0.6) is 0 Å². The van der Waals surface area contributed by atoms with Gasteiger partial charge in [0, 0.05) is 35.5 Å². The number of benzene rings is 2. The number of carbonyl (C=O) groups excluding carboxylic acids is 5. The standard InChI is InChI=1S/C35H37N6O8P/c1-18(2)21-13-19-6-9-27(40-32(43)28-16-22-14-20(7-8-24(22)38-28)35(46)50(47,48)49)34(45)41-29(17-23(15-21)31(19)41)33(44)39-26(10-11-30(36)42)25-5-3-4-12-37-25/h3-5,7-8,12-16,18,26-27,29,38H,6,9-11,17H2,1-2H3,(H2,36,42)(H,39,44)(H,40,43)(H2,47,48,49)/t26-,27-,29-/m0/s1. The number of hydrogen-bond acceptors (Lipinski definition) is 7. The van der Waals surface area contributed by atoms with E-state index in [1.54, 1.807) is 24.4 Å². The first kappa shape index (κ1) is 34.7. The molecule has 0 radical (unpaired) electrons. The number of carbonyl (C=O) groups is 5. The lowest BCUT2D eigenvalue weighted by molar-refractivity contribution is -0.127. The molecule has 2 aromatic heterocycles. The number of hydrogen-bond donors (Lipinski definition) is 6. The van der Waals surface area contributed by atoms with Gasteiger partial charge in [-0.3, -0.25) is 38.4 Å². The second kappa shape index (κ2) is 13.6. The molecule has 0 saturated carbocycles. The van der Waals surface area contributed by atoms with Crippen molar-refractivity contribution < 1.29 is 38.3 Å². The Morgan fingerprint density at radius 1 is 1.08 bits per heavy atom. The molecule has 4 amide bonds. The average molecular weight is 701 g/mol. The van der Waals surface area contributed by atoms with E-state index in [-0.39, 0.29) is 42.9 Å². The Morgan fingerprint density at radius 3 is 2.52 bits per heavy atom. The Bertz CT molecular complexity index is 2070. The lowest BCUT2D eigenvalue weighted by Gasteiger charge is -2.29. The number of nitrogens with two attached hydrogens (primary N) is 1. The van der Waals surface area contributed by atoms with Crippen molar-refractivity contribution in [3.8, 4) is 0 Å². The zero-order chi connectivity index (χ0) is 35.9. The van der Waals surface area contributed by atoms with Crippen LogP contribution in [0.4, 0.5) is 5.69 Å². The van der Waals surface area contributed by atoms with Crippen LogP contribution in [0.15, 0.2) is 60.8 Å². The zero-order valence-corrected chi connectivity index (χ0v) is 28.3. The first-order valence-corrected chi connectivity index (χ1v) is 17.8. The van der Waals surface area contributed by atoms with Crippen molar-refractivity contribution in [3.05, 3.63) is 94.4 Å². The van der Waals surface area contributed by atoms with Crippen LogP contribution in [0, 0.1) is 0 Å². The van der Waals surface area contributed by atoms with Gasteiger partial charge in [0.15, 0.2) is 0 Å². The third kappa shape index (κ3) is 6.95. The third-order valence-corrected chi connectivity index (χ3v) is 9.97. The Morgan fingerprint density at radius 2 is 1.84 bits per heavy atom. The molecule has 4 heterocycles. The van der Waals surface area contributed by atoms with Crippen LogP contribution >= 0.6 is 7.60 Å². The molecular formula is C35H37N6O8P. The van der Waals surface area contributed by atoms with Crippen molar-refractivity contribution >= 4 is 53.3 Å². The number of aromatic nitrogens is 2. The lowest BCUT2D eigenvalue weighted by Crippen LogP contribution is -2.54. The number of nitrogens with one attached hydrogen (secondary N) is 3. The van der Waals surface area contributed by atoms with E-state index in [1.165, 1.54) is 29.2 Å². The highest BCUT2D eigenvalue weighted by molar-refractivity contribution is 7.70. The van der Waals surface area contributed by atoms with E-state index in [1.807, 2.05) is 12.1 Å². The van der Waals surface area contributed by atoms with Crippen LogP contribution < -0.4 is 21.3 Å². The van der Waals surface area contributed by atoms with E-state index in [0.717, 1.165) is 16.7 Å². The lowest BCUT2D eigenvalue weighted by atomic mass is 9.93. The molecule has 0 unspecified atom stereocenters. The molecule has 260 valence electrons. The van der Waals surface area contributed by atoms with Crippen LogP contribution in [-0.2, 0) is 31.8 Å². The average Bonchev–Trinajstić information content (AvgIpc) is 3.66. The van der Waals surface area contributed by atoms with Gasteiger partial charge in [0.1, 0.15) is 17.8 Å². The molecule has 3 atom stereocenters. The number of H-pyrrole nitrogens is 1. The molecule has 0 fully saturated rings. The van der Waals surface area contributed by atoms with Gasteiger partial charge >= 0.3 is 7.60 Å². The number of amides is 4. The number of aromatic amines is 1. The van der Waals surface area contributed by atoms with Gasteiger partial charge in [-0.25, -0.2) is 0 Å². The molecule has 2 aliphatic heterocycles. The minimum atomic E-state index is -5.01. The monoisotopic (exact) mass is 700 g/mol. The van der Waals surface area contributed by atoms with E-state index >= 15 is 0 Å². The van der Waals surface area contributed by atoms with Crippen molar-refractivity contribution in [2.24, 2.45) is 5.73 Å². The van der Waals surface area contributed by atoms with Crippen LogP contribution in [0.2, 0.25) is 0 Å². The number of pyridine rings is 1. The van der Waals surface area contributed by atoms with Gasteiger partial charge in [-0.1, -0.05) is 32.0 Å². The van der Waals surface area contributed by atoms with E-state index in [9.17, 15) is 38.3 Å². The minimum absolute atomic E-state index is 0.0140. The summed E-state index contributed by atoms with van der Waals surface area (Å²) in [5.41, 5.74) is 8.42. The summed E-state index contributed by atoms with van der Waals surface area (Å²) in [5, 5.41) is 6.19. The topological polar surface area (TPSA) is 225 Å². The molecule has 0 aliphatic carbocycles. The summed E-state index contributed by atoms with van der Waals surface area (Å²) in [4.78, 5) is 93.1. The van der Waals surface area contributed by atoms with Crippen LogP contribution in [-0.4, -0.2) is 61.0 Å². The fourth-order valence-corrected chi connectivity index (χ4v) is 7.13. The zero-order valence-electron chi connectivity index (χ0n) is 27.4. The summed E-state index contributed by atoms with van der Waals surface area (Å²) in [6.45, 7) is 4.13. The van der Waals surface area contributed by atoms with Crippen molar-refractivity contribution in [3.63, 3.8) is 0 Å². The summed E-state index contributed by atoms with van der Waals surface area (Å²) in [7, 11) is -5.01. The van der Waals surface area contributed by atoms with E-state index in [4.69, 9.17) is 5.73 Å². The van der Waals surface area contributed by atoms with Gasteiger partial charge in [0.25, 0.3) is 11.4 Å². The Labute approximate surface area is 287 Å². The molecule has 0 saturated heterocycles. The normalized spacial score (nSPS) is 17.7. The van der Waals surface area contributed by atoms with Crippen molar-refractivity contribution in [1.82, 2.24) is 20.6 Å². The SMILES string of the molecule is CC(C)c1cc2c3c(c1)C[C@@H](C(=O)N[C@@H](CCC(N)=O)c1ccccn1)N3C(=O)[C@@H](NC(=O)c1cc3cc(C(=O)P(=O)(O)O)ccc3[nH]1)CC2. The molecule has 50 heavy (non-hydrogen) atoms. The molecule has 15 heteroatoms. The fraction of sp³-hybridized carbons (Fsp3) is 0.314. The van der Waals surface area contributed by atoms with E-state index in [2.05, 4.69) is 34.4 Å². The fourth-order valence-electron chi connectivity index (χ4n) is 6.65. The van der Waals surface area contributed by atoms with Gasteiger partial charge in [-0.05, 0) is 78.3 Å². The molecule has 2 aliphatic rings. The number of fused-ring (bicyclic) bond motifs is 1. The number of primary amides is 1. The van der Waals surface area contributed by atoms with Crippen LogP contribution in [0.1, 0.15) is 88.3 Å². The second-order valence-electron chi connectivity index (χ2n) is 13.0. The number of nitrogens with zero attached hydrogens (tertiary/aromatic N) is 2. The van der Waals surface area contributed by atoms with Crippen LogP contribution in [0.25, 0.3) is 10.9 Å². The number of anilines is 1. The summed E-state index contributed by atoms with van der Waals surface area (Å²) in [5.74, 6) is -1.83. The van der Waals surface area contributed by atoms with Crippen molar-refractivity contribution in [2.45, 2.75) is 70.0 Å². The van der Waals surface area contributed by atoms with E-state index in [0.29, 0.717) is 28.7 Å². The summed E-state index contributed by atoms with van der Waals surface area (Å²) >= 11 is 0. The highest BCUT2D eigenvalue weighted by Crippen LogP contribution is 2.42. The molecule has 4 aromatic rings. The molecule has 14 nitrogen and oxygen atoms in total. The Kier molecular flexibility index (Phi) is 9.45. The first-order valence-electron chi connectivity index (χ1n) is 16.2. The van der Waals surface area contributed by atoms with Gasteiger partial charge < -0.3 is 31.1 Å². The highest BCUT2D eigenvalue weighted by atomic mass is 31.2. The summed E-state index contributed by atoms with van der Waals surface area (Å²) in [6.07, 6.45) is 2.79. The van der Waals surface area contributed by atoms with E-state index < -0.39 is 54.9 Å². The second-order valence-corrected chi connectivity index (χ2v) is 14.5. The number of rotatable bonds is 11. The maximum absolute atomic E-state index is 14.4. The summed E-state index contributed by atoms with van der Waals surface area (Å²) in [6, 6.07) is 12.1. The molecule has 0 bridgehead atoms. The van der Waals surface area contributed by atoms with Gasteiger partial charge in [0.2, 0.25) is 17.7 Å². The molecule has 2 aromatic carbocycles. The third-order valence-electron chi connectivity index (χ3n) is 9.19. The van der Waals surface area contributed by atoms with Gasteiger partial charge in [-0.2, -0.15) is 0 Å². The number of aryl methyl sites for hydroxylation is 1. The van der Waals surface area contributed by atoms with Gasteiger partial charge in [-0.15, -0.1) is 0 Å². The predicted octanol–water partition coefficient (Wildman–Crippen LogP) is 3.13. The molecule has 7 N–H and O–H groups in total. The van der Waals surface area contributed by atoms with Crippen LogP contribution in [0.3, 0.4) is 0 Å². The maximum Gasteiger partial charge on any atom is 0.396 e. The maximum atomic E-state index is 14.4. The first-order chi connectivity index (χ1) is 23.7. The largest absolute Gasteiger partial charge is 0.396 e. The molecule has 6 rings (SSSR count). The molecule has 0 spiro atoms. The molecular weight excluding hydrogens is 663 g/mol. The highest BCUT2D eigenvalue weighted by Gasteiger charge is 2.45. The predicted molar refractivity (Wildman–Crippen MR) is 183 cm³/mol. The van der Waals surface area contributed by atoms with Crippen molar-refractivity contribution in [1.29, 1.82) is 0 Å². The quantitative estimate of drug-likeness (QED) is 0.126. The minimum Gasteiger partial charge on any atom is -0.370 e. The van der Waals surface area contributed by atoms with Gasteiger partial charge in [0.05, 0.1) is 17.4 Å².